The molecule has 1 aromatic carbocycles. The number of hydrogen-bond acceptors (Lipinski definition) is 4. The summed E-state index contributed by atoms with van der Waals surface area (Å²) in [6, 6.07) is 9.63. The first-order chi connectivity index (χ1) is 11.3. The summed E-state index contributed by atoms with van der Waals surface area (Å²) in [5.74, 6) is 0. The number of anilines is 1. The molecule has 0 unspecified atom stereocenters. The van der Waals surface area contributed by atoms with Crippen molar-refractivity contribution in [3.05, 3.63) is 54.0 Å². The van der Waals surface area contributed by atoms with E-state index in [4.69, 9.17) is 4.74 Å². The third kappa shape index (κ3) is 2.55. The lowest BCUT2D eigenvalue weighted by Crippen LogP contribution is -2.23. The van der Waals surface area contributed by atoms with Crippen molar-refractivity contribution in [3.8, 4) is 0 Å². The number of H-pyrrole nitrogens is 1. The molecule has 6 heteroatoms. The van der Waals surface area contributed by atoms with Crippen LogP contribution in [0.1, 0.15) is 11.3 Å². The lowest BCUT2D eigenvalue weighted by atomic mass is 10.1. The van der Waals surface area contributed by atoms with E-state index in [9.17, 15) is 4.79 Å². The van der Waals surface area contributed by atoms with E-state index in [1.165, 1.54) is 0 Å². The van der Waals surface area contributed by atoms with Crippen LogP contribution in [0, 0.1) is 0 Å². The Kier molecular flexibility index (Phi) is 3.27. The Hall–Kier alpha value is -3.15. The number of fused-ring (bicyclic) bond motifs is 1. The number of amides is 1. The number of rotatable bonds is 3. The molecule has 0 radical (unpaired) electrons. The predicted molar refractivity (Wildman–Crippen MR) is 88.0 cm³/mol. The van der Waals surface area contributed by atoms with Crippen molar-refractivity contribution in [2.45, 2.75) is 0 Å². The van der Waals surface area contributed by atoms with E-state index < -0.39 is 0 Å². The summed E-state index contributed by atoms with van der Waals surface area (Å²) >= 11 is 0. The highest BCUT2D eigenvalue weighted by atomic mass is 16.6. The Morgan fingerprint density at radius 1 is 1.26 bits per heavy atom. The molecule has 1 fully saturated rings. The van der Waals surface area contributed by atoms with Gasteiger partial charge in [-0.2, -0.15) is 5.10 Å². The van der Waals surface area contributed by atoms with Crippen LogP contribution in [0.3, 0.4) is 0 Å². The average Bonchev–Trinajstić information content (AvgIpc) is 3.19. The highest BCUT2D eigenvalue weighted by molar-refractivity contribution is 5.96. The maximum absolute atomic E-state index is 11.7. The molecule has 1 saturated heterocycles. The van der Waals surface area contributed by atoms with Gasteiger partial charge in [-0.1, -0.05) is 12.1 Å². The van der Waals surface area contributed by atoms with Crippen molar-refractivity contribution in [2.75, 3.05) is 18.1 Å². The summed E-state index contributed by atoms with van der Waals surface area (Å²) < 4.78 is 4.99. The summed E-state index contributed by atoms with van der Waals surface area (Å²) in [5, 5.41) is 8.29. The van der Waals surface area contributed by atoms with Gasteiger partial charge >= 0.3 is 6.09 Å². The lowest BCUT2D eigenvalue weighted by molar-refractivity contribution is 0.181. The molecule has 4 rings (SSSR count). The molecule has 6 nitrogen and oxygen atoms in total. The van der Waals surface area contributed by atoms with Gasteiger partial charge in [0.15, 0.2) is 0 Å². The normalized spacial score (nSPS) is 14.8. The molecule has 2 aromatic heterocycles. The number of aromatic amines is 1. The van der Waals surface area contributed by atoms with Gasteiger partial charge in [-0.15, -0.1) is 0 Å². The fourth-order valence-electron chi connectivity index (χ4n) is 2.59. The number of carbonyl (C=O) groups is 1. The second-order valence-electron chi connectivity index (χ2n) is 5.22. The van der Waals surface area contributed by atoms with Gasteiger partial charge in [0, 0.05) is 23.5 Å². The first-order valence-electron chi connectivity index (χ1n) is 7.32. The molecule has 0 saturated carbocycles. The van der Waals surface area contributed by atoms with Crippen LogP contribution in [0.15, 0.2) is 42.7 Å². The molecule has 0 aliphatic carbocycles. The first kappa shape index (κ1) is 13.5. The van der Waals surface area contributed by atoms with Gasteiger partial charge in [-0.25, -0.2) is 4.79 Å². The van der Waals surface area contributed by atoms with E-state index in [0.717, 1.165) is 27.8 Å². The van der Waals surface area contributed by atoms with E-state index in [0.29, 0.717) is 13.2 Å². The highest BCUT2D eigenvalue weighted by Crippen LogP contribution is 2.26. The number of hydrogen-bond donors (Lipinski definition) is 1. The van der Waals surface area contributed by atoms with E-state index in [1.807, 2.05) is 42.5 Å². The maximum Gasteiger partial charge on any atom is 0.414 e. The summed E-state index contributed by atoms with van der Waals surface area (Å²) in [7, 11) is 0. The van der Waals surface area contributed by atoms with Crippen molar-refractivity contribution < 1.29 is 9.53 Å². The summed E-state index contributed by atoms with van der Waals surface area (Å²) in [4.78, 5) is 17.4. The molecular formula is C17H14N4O2. The van der Waals surface area contributed by atoms with Crippen molar-refractivity contribution in [2.24, 2.45) is 0 Å². The molecule has 1 aliphatic rings. The number of ether oxygens (including phenoxy) is 1. The third-order valence-corrected chi connectivity index (χ3v) is 3.77. The molecule has 114 valence electrons. The fraction of sp³-hybridized carbons (Fsp3) is 0.118. The second kappa shape index (κ2) is 5.57. The molecule has 3 aromatic rings. The van der Waals surface area contributed by atoms with Crippen molar-refractivity contribution >= 4 is 34.8 Å². The zero-order chi connectivity index (χ0) is 15.6. The minimum atomic E-state index is -0.305. The van der Waals surface area contributed by atoms with Crippen LogP contribution in [0.5, 0.6) is 0 Å². The lowest BCUT2D eigenvalue weighted by Gasteiger charge is -2.12. The standard InChI is InChI=1S/C17H14N4O2/c22-17-21(8-9-23-17)13-4-6-16-14(10-13)15(19-20-16)5-3-12-2-1-7-18-11-12/h1-7,10-11H,8-9H2,(H,19,20). The van der Waals surface area contributed by atoms with Crippen LogP contribution in [-0.2, 0) is 4.74 Å². The SMILES string of the molecule is O=C1OCCN1c1ccc2[nH]nc(C=Cc3cccnc3)c2c1. The van der Waals surface area contributed by atoms with Crippen molar-refractivity contribution in [1.82, 2.24) is 15.2 Å². The van der Waals surface area contributed by atoms with Crippen LogP contribution >= 0.6 is 0 Å². The zero-order valence-electron chi connectivity index (χ0n) is 12.3. The van der Waals surface area contributed by atoms with Gasteiger partial charge in [0.1, 0.15) is 6.61 Å². The van der Waals surface area contributed by atoms with Crippen molar-refractivity contribution in [1.29, 1.82) is 0 Å². The van der Waals surface area contributed by atoms with Gasteiger partial charge in [-0.3, -0.25) is 15.0 Å². The Labute approximate surface area is 132 Å². The maximum atomic E-state index is 11.7. The molecule has 0 atom stereocenters. The molecule has 0 bridgehead atoms. The zero-order valence-corrected chi connectivity index (χ0v) is 12.3. The molecule has 3 heterocycles. The predicted octanol–water partition coefficient (Wildman–Crippen LogP) is 3.08. The van der Waals surface area contributed by atoms with Gasteiger partial charge in [0.05, 0.1) is 17.8 Å². The number of nitrogens with one attached hydrogen (secondary N) is 1. The Balaban J connectivity index is 1.70. The van der Waals surface area contributed by atoms with E-state index in [-0.39, 0.29) is 6.09 Å². The number of aromatic nitrogens is 3. The molecule has 0 spiro atoms. The Morgan fingerprint density at radius 2 is 2.22 bits per heavy atom. The smallest absolute Gasteiger partial charge is 0.414 e. The minimum absolute atomic E-state index is 0.305. The van der Waals surface area contributed by atoms with E-state index in [1.54, 1.807) is 17.3 Å². The first-order valence-corrected chi connectivity index (χ1v) is 7.32. The highest BCUT2D eigenvalue weighted by Gasteiger charge is 2.23. The molecule has 1 aliphatic heterocycles. The van der Waals surface area contributed by atoms with Crippen LogP contribution in [0.4, 0.5) is 10.5 Å². The van der Waals surface area contributed by atoms with Gasteiger partial charge in [-0.05, 0) is 35.9 Å². The Bertz CT molecular complexity index is 886. The van der Waals surface area contributed by atoms with Crippen LogP contribution in [0.25, 0.3) is 23.1 Å². The molecule has 23 heavy (non-hydrogen) atoms. The minimum Gasteiger partial charge on any atom is -0.447 e. The summed E-state index contributed by atoms with van der Waals surface area (Å²) in [5.41, 5.74) is 3.56. The summed E-state index contributed by atoms with van der Waals surface area (Å²) in [6.07, 6.45) is 7.11. The molecule has 1 N–H and O–H groups in total. The van der Waals surface area contributed by atoms with Crippen LogP contribution in [-0.4, -0.2) is 34.4 Å². The van der Waals surface area contributed by atoms with Gasteiger partial charge in [0.2, 0.25) is 0 Å². The molecule has 1 amide bonds. The largest absolute Gasteiger partial charge is 0.447 e. The van der Waals surface area contributed by atoms with E-state index >= 15 is 0 Å². The number of cyclic esters (lactones) is 1. The summed E-state index contributed by atoms with van der Waals surface area (Å²) in [6.45, 7) is 0.999. The van der Waals surface area contributed by atoms with Crippen LogP contribution in [0.2, 0.25) is 0 Å². The van der Waals surface area contributed by atoms with E-state index in [2.05, 4.69) is 15.2 Å². The fourth-order valence-corrected chi connectivity index (χ4v) is 2.59. The molecular weight excluding hydrogens is 292 g/mol. The number of nitrogens with zero attached hydrogens (tertiary/aromatic N) is 3. The van der Waals surface area contributed by atoms with Gasteiger partial charge < -0.3 is 4.74 Å². The van der Waals surface area contributed by atoms with Crippen LogP contribution < -0.4 is 4.90 Å². The second-order valence-corrected chi connectivity index (χ2v) is 5.22. The topological polar surface area (TPSA) is 71.1 Å². The van der Waals surface area contributed by atoms with Gasteiger partial charge in [0.25, 0.3) is 0 Å². The quantitative estimate of drug-likeness (QED) is 0.807. The average molecular weight is 306 g/mol. The monoisotopic (exact) mass is 306 g/mol. The third-order valence-electron chi connectivity index (χ3n) is 3.77. The number of pyridine rings is 1. The number of carbonyl (C=O) groups excluding carboxylic acids is 1. The van der Waals surface area contributed by atoms with Crippen molar-refractivity contribution in [3.63, 3.8) is 0 Å². The number of benzene rings is 1. The Morgan fingerprint density at radius 3 is 3.00 bits per heavy atom.